The van der Waals surface area contributed by atoms with E-state index in [1.165, 1.54) is 27.8 Å². The second-order valence-electron chi connectivity index (χ2n) is 8.17. The van der Waals surface area contributed by atoms with Crippen molar-refractivity contribution in [2.24, 2.45) is 10.9 Å². The van der Waals surface area contributed by atoms with E-state index in [9.17, 15) is 13.2 Å². The van der Waals surface area contributed by atoms with Crippen LogP contribution in [0.25, 0.3) is 10.2 Å². The Kier molecular flexibility index (Phi) is 8.28. The number of hydrogen-bond acceptors (Lipinski definition) is 6. The maximum Gasteiger partial charge on any atom is 0.252 e. The molecule has 1 amide bonds. The first kappa shape index (κ1) is 25.8. The Morgan fingerprint density at radius 1 is 1.23 bits per heavy atom. The normalized spacial score (nSPS) is 17.7. The minimum Gasteiger partial charge on any atom is -0.497 e. The van der Waals surface area contributed by atoms with Crippen LogP contribution in [0, 0.1) is 5.92 Å². The number of hydrogen-bond donors (Lipinski definition) is 0. The molecule has 4 rings (SSSR count). The molecule has 0 N–H and O–H groups in total. The summed E-state index contributed by atoms with van der Waals surface area (Å²) in [5, 5.41) is 0.466. The molecular formula is C24H28ClN3O5S2. The van der Waals surface area contributed by atoms with Gasteiger partial charge in [0.1, 0.15) is 5.75 Å². The van der Waals surface area contributed by atoms with Crippen LogP contribution in [-0.2, 0) is 26.1 Å². The lowest BCUT2D eigenvalue weighted by Gasteiger charge is -2.30. The van der Waals surface area contributed by atoms with Crippen LogP contribution >= 0.6 is 22.9 Å². The second-order valence-corrected chi connectivity index (χ2v) is 11.6. The lowest BCUT2D eigenvalue weighted by atomic mass is 9.99. The number of benzene rings is 2. The zero-order valence-corrected chi connectivity index (χ0v) is 22.0. The Balaban J connectivity index is 1.61. The van der Waals surface area contributed by atoms with E-state index in [0.717, 1.165) is 16.0 Å². The Bertz CT molecular complexity index is 1370. The molecule has 8 nitrogen and oxygen atoms in total. The smallest absolute Gasteiger partial charge is 0.252 e. The zero-order chi connectivity index (χ0) is 25.0. The van der Waals surface area contributed by atoms with Crippen molar-refractivity contribution in [3.05, 3.63) is 52.3 Å². The summed E-state index contributed by atoms with van der Waals surface area (Å²) in [4.78, 5) is 18.4. The number of methoxy groups -OCH3 is 1. The van der Waals surface area contributed by atoms with Crippen molar-refractivity contribution in [3.8, 4) is 5.75 Å². The van der Waals surface area contributed by atoms with Crippen LogP contribution in [0.3, 0.4) is 0 Å². The highest BCUT2D eigenvalue weighted by Crippen LogP contribution is 2.26. The molecule has 35 heavy (non-hydrogen) atoms. The molecule has 0 aliphatic carbocycles. The van der Waals surface area contributed by atoms with E-state index in [1.54, 1.807) is 19.2 Å². The van der Waals surface area contributed by atoms with Crippen LogP contribution in [0.15, 0.2) is 52.4 Å². The molecule has 2 aromatic carbocycles. The molecule has 0 bridgehead atoms. The summed E-state index contributed by atoms with van der Waals surface area (Å²) >= 11 is 7.31. The van der Waals surface area contributed by atoms with Gasteiger partial charge < -0.3 is 14.0 Å². The van der Waals surface area contributed by atoms with Gasteiger partial charge in [-0.15, -0.1) is 0 Å². The number of halogens is 1. The van der Waals surface area contributed by atoms with E-state index in [0.29, 0.717) is 49.0 Å². The molecule has 0 spiro atoms. The van der Waals surface area contributed by atoms with E-state index < -0.39 is 15.9 Å². The Morgan fingerprint density at radius 2 is 2.00 bits per heavy atom. The number of sulfonamides is 1. The van der Waals surface area contributed by atoms with E-state index in [1.807, 2.05) is 29.7 Å². The van der Waals surface area contributed by atoms with Crippen LogP contribution in [-0.4, -0.2) is 56.6 Å². The fraction of sp³-hybridized carbons (Fsp3) is 0.417. The zero-order valence-electron chi connectivity index (χ0n) is 19.6. The maximum atomic E-state index is 13.2. The van der Waals surface area contributed by atoms with Gasteiger partial charge in [0.15, 0.2) is 4.80 Å². The number of carbonyl (C=O) groups excluding carboxylic acids is 1. The molecule has 1 aromatic heterocycles. The van der Waals surface area contributed by atoms with Gasteiger partial charge >= 0.3 is 0 Å². The summed E-state index contributed by atoms with van der Waals surface area (Å²) in [5.41, 5.74) is 0.942. The summed E-state index contributed by atoms with van der Waals surface area (Å²) in [7, 11) is -2.11. The molecule has 0 saturated carbocycles. The van der Waals surface area contributed by atoms with Crippen LogP contribution in [0.1, 0.15) is 19.8 Å². The summed E-state index contributed by atoms with van der Waals surface area (Å²) < 4.78 is 41.4. The quantitative estimate of drug-likeness (QED) is 0.406. The van der Waals surface area contributed by atoms with Crippen molar-refractivity contribution in [3.63, 3.8) is 0 Å². The van der Waals surface area contributed by atoms with Gasteiger partial charge in [0, 0.05) is 31.3 Å². The van der Waals surface area contributed by atoms with Crippen LogP contribution in [0.2, 0.25) is 5.02 Å². The number of nitrogens with zero attached hydrogens (tertiary/aromatic N) is 3. The molecule has 1 aliphatic heterocycles. The molecule has 2 heterocycles. The molecule has 3 aromatic rings. The number of fused-ring (bicyclic) bond motifs is 1. The van der Waals surface area contributed by atoms with E-state index in [2.05, 4.69) is 4.99 Å². The predicted octanol–water partition coefficient (Wildman–Crippen LogP) is 3.93. The summed E-state index contributed by atoms with van der Waals surface area (Å²) in [6.07, 6.45) is 1.18. The van der Waals surface area contributed by atoms with Crippen molar-refractivity contribution in [1.29, 1.82) is 0 Å². The fourth-order valence-electron chi connectivity index (χ4n) is 4.09. The Morgan fingerprint density at radius 3 is 2.71 bits per heavy atom. The lowest BCUT2D eigenvalue weighted by Crippen LogP contribution is -2.42. The first-order valence-corrected chi connectivity index (χ1v) is 14.1. The topological polar surface area (TPSA) is 90.2 Å². The molecule has 1 fully saturated rings. The number of aromatic nitrogens is 1. The third-order valence-electron chi connectivity index (χ3n) is 5.94. The molecule has 188 valence electrons. The SMILES string of the molecule is CCOCCn1c(=NC(=O)C2CCCN(S(=O)(=O)c3ccc(Cl)cc3)C2)sc2cc(OC)ccc21. The Hall–Kier alpha value is -2.24. The number of carbonyl (C=O) groups is 1. The number of thiazole rings is 1. The van der Waals surface area contributed by atoms with Crippen molar-refractivity contribution in [2.75, 3.05) is 33.4 Å². The summed E-state index contributed by atoms with van der Waals surface area (Å²) in [6, 6.07) is 11.8. The van der Waals surface area contributed by atoms with Crippen molar-refractivity contribution in [2.45, 2.75) is 31.2 Å². The van der Waals surface area contributed by atoms with Gasteiger partial charge in [-0.05, 0) is 62.2 Å². The molecule has 11 heteroatoms. The first-order chi connectivity index (χ1) is 16.8. The van der Waals surface area contributed by atoms with Gasteiger partial charge in [-0.1, -0.05) is 22.9 Å². The van der Waals surface area contributed by atoms with Gasteiger partial charge in [-0.3, -0.25) is 4.79 Å². The van der Waals surface area contributed by atoms with Gasteiger partial charge in [-0.25, -0.2) is 8.42 Å². The average Bonchev–Trinajstić information content (AvgIpc) is 3.20. The Labute approximate surface area is 213 Å². The molecular weight excluding hydrogens is 510 g/mol. The van der Waals surface area contributed by atoms with E-state index in [4.69, 9.17) is 21.1 Å². The standard InChI is InChI=1S/C24H28ClN3O5S2/c1-3-33-14-13-28-21-11-8-19(32-2)15-22(21)34-24(28)26-23(29)17-5-4-12-27(16-17)35(30,31)20-9-6-18(25)7-10-20/h6-11,15,17H,3-5,12-14,16H2,1-2H3. The minimum absolute atomic E-state index is 0.102. The monoisotopic (exact) mass is 537 g/mol. The average molecular weight is 538 g/mol. The predicted molar refractivity (Wildman–Crippen MR) is 136 cm³/mol. The van der Waals surface area contributed by atoms with Gasteiger partial charge in [-0.2, -0.15) is 9.30 Å². The highest BCUT2D eigenvalue weighted by atomic mass is 35.5. The molecule has 0 radical (unpaired) electrons. The maximum absolute atomic E-state index is 13.2. The van der Waals surface area contributed by atoms with Gasteiger partial charge in [0.05, 0.1) is 34.7 Å². The molecule has 1 atom stereocenters. The van der Waals surface area contributed by atoms with Crippen LogP contribution < -0.4 is 9.54 Å². The molecule has 1 aliphatic rings. The van der Waals surface area contributed by atoms with Crippen LogP contribution in [0.4, 0.5) is 0 Å². The van der Waals surface area contributed by atoms with E-state index >= 15 is 0 Å². The lowest BCUT2D eigenvalue weighted by molar-refractivity contribution is -0.122. The molecule has 1 unspecified atom stereocenters. The van der Waals surface area contributed by atoms with Gasteiger partial charge in [0.2, 0.25) is 10.0 Å². The van der Waals surface area contributed by atoms with Crippen molar-refractivity contribution < 1.29 is 22.7 Å². The third-order valence-corrected chi connectivity index (χ3v) is 9.12. The minimum atomic E-state index is -3.72. The largest absolute Gasteiger partial charge is 0.497 e. The van der Waals surface area contributed by atoms with Crippen molar-refractivity contribution in [1.82, 2.24) is 8.87 Å². The van der Waals surface area contributed by atoms with Gasteiger partial charge in [0.25, 0.3) is 5.91 Å². The number of amides is 1. The summed E-state index contributed by atoms with van der Waals surface area (Å²) in [5.74, 6) is -0.0977. The highest BCUT2D eigenvalue weighted by molar-refractivity contribution is 7.89. The molecule has 1 saturated heterocycles. The summed E-state index contributed by atoms with van der Waals surface area (Å²) in [6.45, 7) is 4.04. The number of piperidine rings is 1. The highest BCUT2D eigenvalue weighted by Gasteiger charge is 2.33. The number of rotatable bonds is 8. The first-order valence-electron chi connectivity index (χ1n) is 11.4. The number of ether oxygens (including phenoxy) is 2. The third kappa shape index (κ3) is 5.78. The van der Waals surface area contributed by atoms with E-state index in [-0.39, 0.29) is 17.3 Å². The fourth-order valence-corrected chi connectivity index (χ4v) is 6.83. The van der Waals surface area contributed by atoms with Crippen molar-refractivity contribution >= 4 is 49.1 Å². The second kappa shape index (κ2) is 11.2. The van der Waals surface area contributed by atoms with Crippen LogP contribution in [0.5, 0.6) is 5.75 Å².